The topological polar surface area (TPSA) is 61.7 Å². The second kappa shape index (κ2) is 7.18. The molecule has 0 aliphatic heterocycles. The number of rotatable bonds is 4. The highest BCUT2D eigenvalue weighted by Crippen LogP contribution is 2.33. The Morgan fingerprint density at radius 3 is 2.83 bits per heavy atom. The number of fused-ring (bicyclic) bond motifs is 1. The van der Waals surface area contributed by atoms with Crippen LogP contribution in [0.5, 0.6) is 5.75 Å². The summed E-state index contributed by atoms with van der Waals surface area (Å²) in [5.41, 5.74) is 5.55. The Hall–Kier alpha value is -2.14. The van der Waals surface area contributed by atoms with E-state index in [0.29, 0.717) is 5.71 Å². The van der Waals surface area contributed by atoms with Gasteiger partial charge in [-0.15, -0.1) is 11.3 Å². The molecule has 1 aliphatic rings. The van der Waals surface area contributed by atoms with Crippen molar-refractivity contribution in [3.05, 3.63) is 51.2 Å². The van der Waals surface area contributed by atoms with Crippen LogP contribution in [0.15, 0.2) is 35.4 Å². The zero-order chi connectivity index (χ0) is 17.1. The fourth-order valence-corrected chi connectivity index (χ4v) is 4.11. The molecule has 0 saturated heterocycles. The number of aromatic hydroxyl groups is 1. The minimum atomic E-state index is -0.152. The Morgan fingerprint density at radius 1 is 1.38 bits per heavy atom. The van der Waals surface area contributed by atoms with Crippen molar-refractivity contribution < 1.29 is 9.90 Å². The zero-order valence-electron chi connectivity index (χ0n) is 14.0. The summed E-state index contributed by atoms with van der Waals surface area (Å²) in [7, 11) is 0. The predicted molar refractivity (Wildman–Crippen MR) is 97.9 cm³/mol. The number of benzene rings is 1. The van der Waals surface area contributed by atoms with Crippen molar-refractivity contribution in [2.24, 2.45) is 11.0 Å². The number of nitrogens with one attached hydrogen (secondary N) is 1. The molecule has 1 aromatic carbocycles. The van der Waals surface area contributed by atoms with Crippen LogP contribution in [0.4, 0.5) is 0 Å². The number of nitrogens with zero attached hydrogens (tertiary/aromatic N) is 1. The van der Waals surface area contributed by atoms with Crippen LogP contribution < -0.4 is 5.43 Å². The maximum absolute atomic E-state index is 12.4. The molecule has 0 unspecified atom stereocenters. The molecule has 2 aromatic rings. The number of hydrazone groups is 1. The number of hydrogen-bond donors (Lipinski definition) is 2. The average Bonchev–Trinajstić information content (AvgIpc) is 3.03. The van der Waals surface area contributed by atoms with Gasteiger partial charge in [0.25, 0.3) is 5.91 Å². The number of thiophene rings is 1. The summed E-state index contributed by atoms with van der Waals surface area (Å²) in [4.78, 5) is 14.4. The van der Waals surface area contributed by atoms with E-state index in [1.807, 2.05) is 13.0 Å². The third-order valence-electron chi connectivity index (χ3n) is 4.60. The number of phenols is 1. The van der Waals surface area contributed by atoms with Crippen molar-refractivity contribution in [3.8, 4) is 5.75 Å². The van der Waals surface area contributed by atoms with Gasteiger partial charge in [0.05, 0.1) is 10.6 Å². The summed E-state index contributed by atoms with van der Waals surface area (Å²) in [6.07, 6.45) is 4.60. The second-order valence-electron chi connectivity index (χ2n) is 6.26. The quantitative estimate of drug-likeness (QED) is 0.648. The molecule has 0 bridgehead atoms. The van der Waals surface area contributed by atoms with Crippen LogP contribution in [0.2, 0.25) is 0 Å². The van der Waals surface area contributed by atoms with E-state index < -0.39 is 0 Å². The number of carbonyl (C=O) groups excluding carboxylic acids is 1. The van der Waals surface area contributed by atoms with E-state index in [1.54, 1.807) is 35.6 Å². The number of aryl methyl sites for hydroxylation is 1. The molecule has 1 aromatic heterocycles. The van der Waals surface area contributed by atoms with E-state index in [2.05, 4.69) is 17.5 Å². The lowest BCUT2D eigenvalue weighted by atomic mass is 9.87. The van der Waals surface area contributed by atoms with E-state index in [4.69, 9.17) is 0 Å². The summed E-state index contributed by atoms with van der Waals surface area (Å²) in [6.45, 7) is 4.06. The highest BCUT2D eigenvalue weighted by atomic mass is 32.1. The first kappa shape index (κ1) is 16.7. The van der Waals surface area contributed by atoms with E-state index in [9.17, 15) is 9.90 Å². The first-order valence-electron chi connectivity index (χ1n) is 8.32. The SMILES string of the molecule is CC[C@H]1CCc2sc(C(=O)N/N=C(\C)c3ccc(O)cc3)cc2C1. The summed E-state index contributed by atoms with van der Waals surface area (Å²) >= 11 is 1.59. The molecule has 0 spiro atoms. The molecule has 2 N–H and O–H groups in total. The van der Waals surface area contributed by atoms with Gasteiger partial charge in [-0.25, -0.2) is 5.43 Å². The van der Waals surface area contributed by atoms with E-state index in [0.717, 1.165) is 29.2 Å². The molecular weight excluding hydrogens is 320 g/mol. The van der Waals surface area contributed by atoms with Crippen LogP contribution in [0, 0.1) is 5.92 Å². The molecule has 126 valence electrons. The molecule has 1 atom stereocenters. The molecular formula is C19H22N2O2S. The Balaban J connectivity index is 1.68. The first-order valence-corrected chi connectivity index (χ1v) is 9.14. The van der Waals surface area contributed by atoms with Gasteiger partial charge in [-0.3, -0.25) is 4.79 Å². The lowest BCUT2D eigenvalue weighted by Crippen LogP contribution is -2.18. The van der Waals surface area contributed by atoms with Gasteiger partial charge in [0.2, 0.25) is 0 Å². The highest BCUT2D eigenvalue weighted by Gasteiger charge is 2.21. The Bertz CT molecular complexity index is 762. The Labute approximate surface area is 146 Å². The Morgan fingerprint density at radius 2 is 2.12 bits per heavy atom. The lowest BCUT2D eigenvalue weighted by molar-refractivity contribution is 0.0959. The van der Waals surface area contributed by atoms with Crippen molar-refractivity contribution in [3.63, 3.8) is 0 Å². The standard InChI is InChI=1S/C19H22N2O2S/c1-3-13-4-9-17-15(10-13)11-18(24-17)19(23)21-20-12(2)14-5-7-16(22)8-6-14/h5-8,11,13,22H,3-4,9-10H2,1-2H3,(H,21,23)/b20-12+/t13-/m0/s1. The normalized spacial score (nSPS) is 17.4. The molecule has 1 aliphatic carbocycles. The zero-order valence-corrected chi connectivity index (χ0v) is 14.8. The number of carbonyl (C=O) groups is 1. The third kappa shape index (κ3) is 3.67. The molecule has 24 heavy (non-hydrogen) atoms. The van der Waals surface area contributed by atoms with Crippen LogP contribution in [0.3, 0.4) is 0 Å². The minimum absolute atomic E-state index is 0.152. The van der Waals surface area contributed by atoms with Gasteiger partial charge in [0, 0.05) is 4.88 Å². The number of phenolic OH excluding ortho intramolecular Hbond substituents is 1. The summed E-state index contributed by atoms with van der Waals surface area (Å²) in [5.74, 6) is 0.809. The van der Waals surface area contributed by atoms with E-state index >= 15 is 0 Å². The minimum Gasteiger partial charge on any atom is -0.508 e. The van der Waals surface area contributed by atoms with Gasteiger partial charge in [0.15, 0.2) is 0 Å². The summed E-state index contributed by atoms with van der Waals surface area (Å²) in [5, 5.41) is 13.5. The second-order valence-corrected chi connectivity index (χ2v) is 7.40. The van der Waals surface area contributed by atoms with E-state index in [1.165, 1.54) is 23.3 Å². The maximum Gasteiger partial charge on any atom is 0.281 e. The molecule has 5 heteroatoms. The van der Waals surface area contributed by atoms with Gasteiger partial charge in [-0.2, -0.15) is 5.10 Å². The van der Waals surface area contributed by atoms with Crippen LogP contribution >= 0.6 is 11.3 Å². The Kier molecular flexibility index (Phi) is 5.00. The predicted octanol–water partition coefficient (Wildman–Crippen LogP) is 4.12. The highest BCUT2D eigenvalue weighted by molar-refractivity contribution is 7.14. The lowest BCUT2D eigenvalue weighted by Gasteiger charge is -2.19. The molecule has 1 heterocycles. The first-order chi connectivity index (χ1) is 11.6. The van der Waals surface area contributed by atoms with Crippen molar-refractivity contribution in [2.75, 3.05) is 0 Å². The van der Waals surface area contributed by atoms with Crippen molar-refractivity contribution in [2.45, 2.75) is 39.5 Å². The molecule has 4 nitrogen and oxygen atoms in total. The average molecular weight is 342 g/mol. The maximum atomic E-state index is 12.4. The van der Waals surface area contributed by atoms with Gasteiger partial charge in [0.1, 0.15) is 5.75 Å². The van der Waals surface area contributed by atoms with Crippen molar-refractivity contribution in [1.82, 2.24) is 5.43 Å². The molecule has 1 amide bonds. The number of amides is 1. The van der Waals surface area contributed by atoms with Crippen LogP contribution in [-0.4, -0.2) is 16.7 Å². The van der Waals surface area contributed by atoms with Gasteiger partial charge >= 0.3 is 0 Å². The van der Waals surface area contributed by atoms with Crippen LogP contribution in [0.25, 0.3) is 0 Å². The van der Waals surface area contributed by atoms with Gasteiger partial charge in [-0.1, -0.05) is 13.3 Å². The van der Waals surface area contributed by atoms with Gasteiger partial charge < -0.3 is 5.11 Å². The van der Waals surface area contributed by atoms with Gasteiger partial charge in [-0.05, 0) is 73.6 Å². The summed E-state index contributed by atoms with van der Waals surface area (Å²) < 4.78 is 0. The molecule has 0 fully saturated rings. The molecule has 0 saturated carbocycles. The molecule has 0 radical (unpaired) electrons. The largest absolute Gasteiger partial charge is 0.508 e. The monoisotopic (exact) mass is 342 g/mol. The van der Waals surface area contributed by atoms with Crippen LogP contribution in [-0.2, 0) is 12.8 Å². The van der Waals surface area contributed by atoms with Crippen LogP contribution in [0.1, 0.15) is 52.4 Å². The van der Waals surface area contributed by atoms with Crippen molar-refractivity contribution >= 4 is 23.0 Å². The van der Waals surface area contributed by atoms with Crippen molar-refractivity contribution in [1.29, 1.82) is 0 Å². The third-order valence-corrected chi connectivity index (χ3v) is 5.83. The smallest absolute Gasteiger partial charge is 0.281 e. The number of hydrogen-bond acceptors (Lipinski definition) is 4. The molecule has 3 rings (SSSR count). The fraction of sp³-hybridized carbons (Fsp3) is 0.368. The summed E-state index contributed by atoms with van der Waals surface area (Å²) in [6, 6.07) is 8.79. The van der Waals surface area contributed by atoms with E-state index in [-0.39, 0.29) is 11.7 Å². The fourth-order valence-electron chi connectivity index (χ4n) is 3.02.